The van der Waals surface area contributed by atoms with E-state index in [9.17, 15) is 0 Å². The van der Waals surface area contributed by atoms with Crippen molar-refractivity contribution in [1.29, 1.82) is 0 Å². The maximum absolute atomic E-state index is 5.87. The minimum atomic E-state index is 0.334. The van der Waals surface area contributed by atoms with Gasteiger partial charge in [0.05, 0.1) is 6.10 Å². The third kappa shape index (κ3) is 3.14. The Morgan fingerprint density at radius 2 is 2.00 bits per heavy atom. The molecule has 1 saturated heterocycles. The molecule has 1 N–H and O–H groups in total. The van der Waals surface area contributed by atoms with Crippen LogP contribution < -0.4 is 5.32 Å². The van der Waals surface area contributed by atoms with E-state index in [1.54, 1.807) is 0 Å². The molecule has 2 fully saturated rings. The fourth-order valence-electron chi connectivity index (χ4n) is 3.69. The van der Waals surface area contributed by atoms with Crippen LogP contribution in [0.4, 0.5) is 0 Å². The maximum Gasteiger partial charge on any atom is 0.0658 e. The monoisotopic (exact) mass is 268 g/mol. The van der Waals surface area contributed by atoms with Crippen molar-refractivity contribution in [3.8, 4) is 0 Å². The Morgan fingerprint density at radius 1 is 1.32 bits per heavy atom. The molecule has 1 saturated carbocycles. The standard InChI is InChI=1S/C16H32N2O/c1-5-16(4)14(11-15(16)19-6-2)17-12-13(3)18-9-7-8-10-18/h13-15,17H,5-12H2,1-4H3. The van der Waals surface area contributed by atoms with E-state index in [4.69, 9.17) is 4.74 Å². The molecule has 112 valence electrons. The highest BCUT2D eigenvalue weighted by Gasteiger charge is 2.50. The number of ether oxygens (including phenoxy) is 1. The molecule has 0 aromatic heterocycles. The van der Waals surface area contributed by atoms with E-state index >= 15 is 0 Å². The van der Waals surface area contributed by atoms with E-state index in [1.807, 2.05) is 0 Å². The Hall–Kier alpha value is -0.120. The van der Waals surface area contributed by atoms with Crippen molar-refractivity contribution in [2.75, 3.05) is 26.2 Å². The average Bonchev–Trinajstić information content (AvgIpc) is 2.94. The second-order valence-corrected chi connectivity index (χ2v) is 6.59. The first kappa shape index (κ1) is 15.3. The van der Waals surface area contributed by atoms with Crippen LogP contribution in [0.25, 0.3) is 0 Å². The van der Waals surface area contributed by atoms with Crippen LogP contribution in [0.3, 0.4) is 0 Å². The van der Waals surface area contributed by atoms with E-state index in [0.717, 1.165) is 13.2 Å². The Morgan fingerprint density at radius 3 is 2.58 bits per heavy atom. The van der Waals surface area contributed by atoms with Gasteiger partial charge in [0.25, 0.3) is 0 Å². The number of hydrogen-bond acceptors (Lipinski definition) is 3. The van der Waals surface area contributed by atoms with Crippen molar-refractivity contribution >= 4 is 0 Å². The molecule has 0 aromatic rings. The molecule has 0 aromatic carbocycles. The van der Waals surface area contributed by atoms with E-state index in [0.29, 0.717) is 23.6 Å². The summed E-state index contributed by atoms with van der Waals surface area (Å²) in [5.41, 5.74) is 0.334. The van der Waals surface area contributed by atoms with Gasteiger partial charge in [-0.3, -0.25) is 4.90 Å². The highest BCUT2D eigenvalue weighted by molar-refractivity contribution is 5.05. The second kappa shape index (κ2) is 6.55. The highest BCUT2D eigenvalue weighted by atomic mass is 16.5. The van der Waals surface area contributed by atoms with Gasteiger partial charge in [-0.05, 0) is 52.6 Å². The van der Waals surface area contributed by atoms with Gasteiger partial charge >= 0.3 is 0 Å². The van der Waals surface area contributed by atoms with Crippen molar-refractivity contribution in [3.63, 3.8) is 0 Å². The lowest BCUT2D eigenvalue weighted by atomic mass is 9.61. The summed E-state index contributed by atoms with van der Waals surface area (Å²) in [6.45, 7) is 13.7. The summed E-state index contributed by atoms with van der Waals surface area (Å²) in [4.78, 5) is 2.62. The Balaban J connectivity index is 1.76. The SMILES string of the molecule is CCOC1CC(NCC(C)N2CCCC2)C1(C)CC. The third-order valence-corrected chi connectivity index (χ3v) is 5.53. The quantitative estimate of drug-likeness (QED) is 0.768. The minimum absolute atomic E-state index is 0.334. The predicted molar refractivity (Wildman–Crippen MR) is 80.5 cm³/mol. The number of nitrogens with one attached hydrogen (secondary N) is 1. The second-order valence-electron chi connectivity index (χ2n) is 6.59. The molecule has 1 aliphatic heterocycles. The summed E-state index contributed by atoms with van der Waals surface area (Å²) in [5.74, 6) is 0. The fourth-order valence-corrected chi connectivity index (χ4v) is 3.69. The Labute approximate surface area is 119 Å². The zero-order valence-corrected chi connectivity index (χ0v) is 13.2. The summed E-state index contributed by atoms with van der Waals surface area (Å²) < 4.78 is 5.87. The van der Waals surface area contributed by atoms with Gasteiger partial charge in [0.2, 0.25) is 0 Å². The Kier molecular flexibility index (Phi) is 5.27. The molecule has 4 atom stereocenters. The molecule has 0 spiro atoms. The van der Waals surface area contributed by atoms with E-state index in [-0.39, 0.29) is 0 Å². The van der Waals surface area contributed by atoms with Gasteiger partial charge in [-0.2, -0.15) is 0 Å². The lowest BCUT2D eigenvalue weighted by Gasteiger charge is -2.54. The summed E-state index contributed by atoms with van der Waals surface area (Å²) in [7, 11) is 0. The summed E-state index contributed by atoms with van der Waals surface area (Å²) in [6, 6.07) is 1.31. The molecule has 3 nitrogen and oxygen atoms in total. The topological polar surface area (TPSA) is 24.5 Å². The van der Waals surface area contributed by atoms with Crippen molar-refractivity contribution < 1.29 is 4.74 Å². The van der Waals surface area contributed by atoms with E-state index in [2.05, 4.69) is 37.9 Å². The van der Waals surface area contributed by atoms with Crippen LogP contribution in [-0.2, 0) is 4.74 Å². The smallest absolute Gasteiger partial charge is 0.0658 e. The molecular weight excluding hydrogens is 236 g/mol. The number of nitrogens with zero attached hydrogens (tertiary/aromatic N) is 1. The van der Waals surface area contributed by atoms with Crippen LogP contribution >= 0.6 is 0 Å². The van der Waals surface area contributed by atoms with Crippen molar-refractivity contribution in [3.05, 3.63) is 0 Å². The number of rotatable bonds is 7. The maximum atomic E-state index is 5.87. The van der Waals surface area contributed by atoms with Crippen molar-refractivity contribution in [2.24, 2.45) is 5.41 Å². The Bertz CT molecular complexity index is 278. The third-order valence-electron chi connectivity index (χ3n) is 5.53. The summed E-state index contributed by atoms with van der Waals surface area (Å²) in [5, 5.41) is 3.80. The molecule has 19 heavy (non-hydrogen) atoms. The molecule has 4 unspecified atom stereocenters. The van der Waals surface area contributed by atoms with E-state index in [1.165, 1.54) is 38.8 Å². The van der Waals surface area contributed by atoms with Crippen LogP contribution in [0.15, 0.2) is 0 Å². The van der Waals surface area contributed by atoms with Gasteiger partial charge in [-0.25, -0.2) is 0 Å². The molecule has 2 rings (SSSR count). The van der Waals surface area contributed by atoms with Crippen LogP contribution in [0.2, 0.25) is 0 Å². The highest BCUT2D eigenvalue weighted by Crippen LogP contribution is 2.45. The van der Waals surface area contributed by atoms with Crippen LogP contribution in [0.5, 0.6) is 0 Å². The van der Waals surface area contributed by atoms with Crippen LogP contribution in [0, 0.1) is 5.41 Å². The first-order valence-electron chi connectivity index (χ1n) is 8.20. The number of likely N-dealkylation sites (tertiary alicyclic amines) is 1. The van der Waals surface area contributed by atoms with Crippen molar-refractivity contribution in [1.82, 2.24) is 10.2 Å². The first-order valence-corrected chi connectivity index (χ1v) is 8.20. The largest absolute Gasteiger partial charge is 0.378 e. The summed E-state index contributed by atoms with van der Waals surface area (Å²) in [6.07, 6.45) is 5.61. The molecule has 1 heterocycles. The van der Waals surface area contributed by atoms with Gasteiger partial charge in [0.15, 0.2) is 0 Å². The van der Waals surface area contributed by atoms with Gasteiger partial charge < -0.3 is 10.1 Å². The fraction of sp³-hybridized carbons (Fsp3) is 1.00. The van der Waals surface area contributed by atoms with Crippen molar-refractivity contribution in [2.45, 2.75) is 71.6 Å². The zero-order chi connectivity index (χ0) is 13.9. The molecule has 0 bridgehead atoms. The van der Waals surface area contributed by atoms with Gasteiger partial charge in [-0.15, -0.1) is 0 Å². The molecule has 3 heteroatoms. The molecular formula is C16H32N2O. The van der Waals surface area contributed by atoms with Gasteiger partial charge in [0, 0.05) is 30.7 Å². The average molecular weight is 268 g/mol. The molecule has 2 aliphatic rings. The van der Waals surface area contributed by atoms with E-state index < -0.39 is 0 Å². The van der Waals surface area contributed by atoms with Crippen LogP contribution in [-0.4, -0.2) is 49.3 Å². The molecule has 0 amide bonds. The lowest BCUT2D eigenvalue weighted by Crippen LogP contribution is -2.63. The zero-order valence-electron chi connectivity index (χ0n) is 13.2. The van der Waals surface area contributed by atoms with Crippen LogP contribution in [0.1, 0.15) is 53.4 Å². The minimum Gasteiger partial charge on any atom is -0.378 e. The van der Waals surface area contributed by atoms with Gasteiger partial charge in [0.1, 0.15) is 0 Å². The normalized spacial score (nSPS) is 37.3. The molecule has 0 radical (unpaired) electrons. The molecule has 1 aliphatic carbocycles. The summed E-state index contributed by atoms with van der Waals surface area (Å²) >= 11 is 0. The lowest BCUT2D eigenvalue weighted by molar-refractivity contribution is -0.126. The predicted octanol–water partition coefficient (Wildman–Crippen LogP) is 2.65. The van der Waals surface area contributed by atoms with Gasteiger partial charge in [-0.1, -0.05) is 13.8 Å². The number of hydrogen-bond donors (Lipinski definition) is 1. The first-order chi connectivity index (χ1) is 9.11.